The first-order chi connectivity index (χ1) is 27.2. The Hall–Kier alpha value is -7.86. The lowest BCUT2D eigenvalue weighted by Gasteiger charge is -2.18. The maximum atomic E-state index is 8.11. The lowest BCUT2D eigenvalue weighted by Crippen LogP contribution is -2.01. The molecule has 0 aliphatic rings. The zero-order valence-electron chi connectivity index (χ0n) is 29.5. The van der Waals surface area contributed by atoms with E-state index in [1.807, 2.05) is 42.5 Å². The van der Waals surface area contributed by atoms with Crippen molar-refractivity contribution in [3.63, 3.8) is 0 Å². The van der Waals surface area contributed by atoms with Crippen molar-refractivity contribution >= 4 is 76.8 Å². The van der Waals surface area contributed by atoms with Gasteiger partial charge in [-0.05, 0) is 71.1 Å². The molecule has 5 nitrogen and oxygen atoms in total. The quantitative estimate of drug-likeness (QED) is 0.163. The van der Waals surface area contributed by atoms with Crippen molar-refractivity contribution in [1.29, 1.82) is 0 Å². The van der Waals surface area contributed by atoms with Gasteiger partial charge in [-0.15, -0.1) is 0 Å². The molecule has 0 bridgehead atoms. The minimum atomic E-state index is 0.556. The van der Waals surface area contributed by atoms with E-state index in [0.29, 0.717) is 11.4 Å². The van der Waals surface area contributed by atoms with E-state index in [9.17, 15) is 0 Å². The average Bonchev–Trinajstić information content (AvgIpc) is 3.90. The van der Waals surface area contributed by atoms with Crippen LogP contribution in [0.15, 0.2) is 176 Å². The monoisotopic (exact) mass is 699 g/mol. The molecule has 8 aromatic carbocycles. The van der Waals surface area contributed by atoms with Gasteiger partial charge in [-0.25, -0.2) is 9.69 Å². The molecule has 0 N–H and O–H groups in total. The maximum Gasteiger partial charge on any atom is 0.211 e. The zero-order chi connectivity index (χ0) is 36.6. The third kappa shape index (κ3) is 4.39. The Morgan fingerprint density at radius 3 is 1.53 bits per heavy atom. The van der Waals surface area contributed by atoms with Crippen molar-refractivity contribution in [2.75, 3.05) is 0 Å². The van der Waals surface area contributed by atoms with Gasteiger partial charge in [0.05, 0.1) is 57.6 Å². The highest BCUT2D eigenvalue weighted by molar-refractivity contribution is 6.16. The third-order valence-corrected chi connectivity index (χ3v) is 11.1. The summed E-state index contributed by atoms with van der Waals surface area (Å²) in [5.41, 5.74) is 12.5. The molecule has 55 heavy (non-hydrogen) atoms. The molecule has 0 atom stereocenters. The summed E-state index contributed by atoms with van der Waals surface area (Å²) in [6.07, 6.45) is 0. The molecular weight excluding hydrogens is 671 g/mol. The highest BCUT2D eigenvalue weighted by Gasteiger charge is 2.22. The van der Waals surface area contributed by atoms with Crippen LogP contribution < -0.4 is 0 Å². The molecule has 0 fully saturated rings. The molecule has 0 radical (unpaired) electrons. The summed E-state index contributed by atoms with van der Waals surface area (Å²) in [5.74, 6) is 0. The van der Waals surface area contributed by atoms with Gasteiger partial charge in [0, 0.05) is 32.6 Å². The van der Waals surface area contributed by atoms with Crippen molar-refractivity contribution in [1.82, 2.24) is 13.7 Å². The van der Waals surface area contributed by atoms with E-state index in [1.54, 1.807) is 0 Å². The Bertz CT molecular complexity index is 3420. The Labute approximate surface area is 316 Å². The van der Waals surface area contributed by atoms with Crippen LogP contribution in [0, 0.1) is 13.1 Å². The molecule has 11 rings (SSSR count). The number of benzene rings is 8. The molecule has 0 amide bonds. The van der Waals surface area contributed by atoms with Gasteiger partial charge in [-0.1, -0.05) is 121 Å². The molecule has 3 aromatic heterocycles. The number of para-hydroxylation sites is 6. The van der Waals surface area contributed by atoms with Crippen molar-refractivity contribution < 1.29 is 0 Å². The van der Waals surface area contributed by atoms with E-state index >= 15 is 0 Å². The first-order valence-corrected chi connectivity index (χ1v) is 18.3. The Morgan fingerprint density at radius 2 is 0.891 bits per heavy atom. The second-order valence-electron chi connectivity index (χ2n) is 13.9. The molecule has 0 unspecified atom stereocenters. The van der Waals surface area contributed by atoms with E-state index in [-0.39, 0.29) is 0 Å². The van der Waals surface area contributed by atoms with Crippen molar-refractivity contribution in [3.05, 3.63) is 199 Å². The standard InChI is InChI=1S/C50H29N5/c1-51-33-28-29-47(55-46-26-10-6-18-37(46)39-20-12-22-42(52-2)49(39)55)41(31-33)32-14-11-15-34(30-32)53-43-23-7-5-19-38(43)40-21-13-27-48(50(40)53)54-44-24-8-3-16-35(44)36-17-4-9-25-45(36)54/h3-31H. The van der Waals surface area contributed by atoms with Gasteiger partial charge < -0.3 is 13.7 Å². The largest absolute Gasteiger partial charge is 0.318 e. The zero-order valence-corrected chi connectivity index (χ0v) is 29.5. The fourth-order valence-electron chi connectivity index (χ4n) is 8.80. The Morgan fingerprint density at radius 1 is 0.364 bits per heavy atom. The average molecular weight is 700 g/mol. The summed E-state index contributed by atoms with van der Waals surface area (Å²) in [7, 11) is 0. The third-order valence-electron chi connectivity index (χ3n) is 11.1. The number of rotatable bonds is 4. The minimum absolute atomic E-state index is 0.556. The fourth-order valence-corrected chi connectivity index (χ4v) is 8.80. The van der Waals surface area contributed by atoms with Gasteiger partial charge >= 0.3 is 0 Å². The molecule has 254 valence electrons. The lowest BCUT2D eigenvalue weighted by atomic mass is 10.0. The number of aromatic nitrogens is 3. The normalized spacial score (nSPS) is 11.6. The van der Waals surface area contributed by atoms with E-state index in [4.69, 9.17) is 13.1 Å². The Balaban J connectivity index is 1.21. The molecule has 0 aliphatic carbocycles. The van der Waals surface area contributed by atoms with Crippen molar-refractivity contribution in [2.45, 2.75) is 0 Å². The van der Waals surface area contributed by atoms with Crippen LogP contribution in [0.2, 0.25) is 0 Å². The van der Waals surface area contributed by atoms with Crippen LogP contribution in [-0.2, 0) is 0 Å². The molecule has 0 aliphatic heterocycles. The van der Waals surface area contributed by atoms with Gasteiger partial charge in [-0.2, -0.15) is 0 Å². The van der Waals surface area contributed by atoms with Crippen LogP contribution in [0.1, 0.15) is 0 Å². The second kappa shape index (κ2) is 11.8. The molecule has 3 heterocycles. The van der Waals surface area contributed by atoms with Gasteiger partial charge in [0.25, 0.3) is 0 Å². The number of fused-ring (bicyclic) bond motifs is 9. The van der Waals surface area contributed by atoms with Crippen LogP contribution in [0.5, 0.6) is 0 Å². The minimum Gasteiger partial charge on any atom is -0.318 e. The smallest absolute Gasteiger partial charge is 0.211 e. The molecule has 0 spiro atoms. The van der Waals surface area contributed by atoms with Crippen LogP contribution >= 0.6 is 0 Å². The predicted molar refractivity (Wildman–Crippen MR) is 227 cm³/mol. The highest BCUT2D eigenvalue weighted by Crippen LogP contribution is 2.43. The summed E-state index contributed by atoms with van der Waals surface area (Å²) < 4.78 is 7.00. The number of hydrogen-bond donors (Lipinski definition) is 0. The van der Waals surface area contributed by atoms with Crippen LogP contribution in [-0.4, -0.2) is 13.7 Å². The SMILES string of the molecule is [C-]#[N+]c1ccc(-n2c3ccccc3c3cccc([N+]#[C-])c32)c(-c2cccc(-n3c4ccccc4c4cccc(-n5c6ccccc6c6ccccc65)c43)c2)c1. The molecule has 0 saturated heterocycles. The topological polar surface area (TPSA) is 23.5 Å². The number of nitrogens with zero attached hydrogens (tertiary/aromatic N) is 5. The van der Waals surface area contributed by atoms with Crippen LogP contribution in [0.4, 0.5) is 11.4 Å². The van der Waals surface area contributed by atoms with E-state index < -0.39 is 0 Å². The van der Waals surface area contributed by atoms with E-state index in [0.717, 1.165) is 72.1 Å². The Kier molecular flexibility index (Phi) is 6.61. The summed E-state index contributed by atoms with van der Waals surface area (Å²) in [4.78, 5) is 7.83. The summed E-state index contributed by atoms with van der Waals surface area (Å²) >= 11 is 0. The highest BCUT2D eigenvalue weighted by atomic mass is 15.1. The van der Waals surface area contributed by atoms with Crippen LogP contribution in [0.3, 0.4) is 0 Å². The summed E-state index contributed by atoms with van der Waals surface area (Å²) in [6, 6.07) is 61.3. The lowest BCUT2D eigenvalue weighted by molar-refractivity contribution is 1.13. The van der Waals surface area contributed by atoms with Gasteiger partial charge in [0.1, 0.15) is 0 Å². The molecule has 5 heteroatoms. The molecule has 11 aromatic rings. The summed E-state index contributed by atoms with van der Waals surface area (Å²) in [5, 5.41) is 6.91. The molecule has 0 saturated carbocycles. The number of hydrogen-bond acceptors (Lipinski definition) is 0. The van der Waals surface area contributed by atoms with Crippen LogP contribution in [0.25, 0.3) is 103 Å². The first kappa shape index (κ1) is 30.7. The predicted octanol–water partition coefficient (Wildman–Crippen LogP) is 13.7. The fraction of sp³-hybridized carbons (Fsp3) is 0. The first-order valence-electron chi connectivity index (χ1n) is 18.3. The second-order valence-corrected chi connectivity index (χ2v) is 13.9. The maximum absolute atomic E-state index is 8.11. The van der Waals surface area contributed by atoms with Crippen molar-refractivity contribution in [2.24, 2.45) is 0 Å². The van der Waals surface area contributed by atoms with E-state index in [2.05, 4.69) is 157 Å². The molecular formula is C50H29N5. The van der Waals surface area contributed by atoms with Gasteiger partial charge in [-0.3, -0.25) is 0 Å². The summed E-state index contributed by atoms with van der Waals surface area (Å²) in [6.45, 7) is 16.1. The van der Waals surface area contributed by atoms with Gasteiger partial charge in [0.2, 0.25) is 5.69 Å². The van der Waals surface area contributed by atoms with Crippen molar-refractivity contribution in [3.8, 4) is 28.2 Å². The van der Waals surface area contributed by atoms with Gasteiger partial charge in [0.15, 0.2) is 5.69 Å². The van der Waals surface area contributed by atoms with E-state index in [1.165, 1.54) is 21.5 Å².